The normalized spacial score (nSPS) is 13.9. The zero-order valence-electron chi connectivity index (χ0n) is 15.5. The van der Waals surface area contributed by atoms with Gasteiger partial charge in [-0.15, -0.1) is 0 Å². The highest BCUT2D eigenvalue weighted by molar-refractivity contribution is 5.94. The largest absolute Gasteiger partial charge is 0.494 e. The van der Waals surface area contributed by atoms with Crippen LogP contribution in [0.3, 0.4) is 0 Å². The second-order valence-corrected chi connectivity index (χ2v) is 6.54. The maximum atomic E-state index is 12.8. The summed E-state index contributed by atoms with van der Waals surface area (Å²) in [6.45, 7) is 5.25. The topological polar surface area (TPSA) is 82.6 Å². The van der Waals surface area contributed by atoms with Crippen LogP contribution in [-0.2, 0) is 0 Å². The molecule has 0 aromatic heterocycles. The molecule has 1 fully saturated rings. The number of hydrogen-bond acceptors (Lipinski definition) is 5. The lowest BCUT2D eigenvalue weighted by atomic mass is 10.1. The Kier molecular flexibility index (Phi) is 5.82. The lowest BCUT2D eigenvalue weighted by Crippen LogP contribution is -2.49. The summed E-state index contributed by atoms with van der Waals surface area (Å²) in [7, 11) is 0. The number of piperazine rings is 1. The third-order valence-corrected chi connectivity index (χ3v) is 4.60. The zero-order valence-corrected chi connectivity index (χ0v) is 15.5. The molecule has 2 aromatic carbocycles. The van der Waals surface area contributed by atoms with Crippen molar-refractivity contribution in [2.75, 3.05) is 43.4 Å². The van der Waals surface area contributed by atoms with E-state index in [2.05, 4.69) is 11.0 Å². The molecule has 0 unspecified atom stereocenters. The molecule has 0 aliphatic carbocycles. The Morgan fingerprint density at radius 3 is 2.67 bits per heavy atom. The molecular formula is C21H24N4O2. The molecule has 0 bridgehead atoms. The van der Waals surface area contributed by atoms with E-state index in [1.807, 2.05) is 36.1 Å². The number of nitriles is 1. The molecule has 1 amide bonds. The summed E-state index contributed by atoms with van der Waals surface area (Å²) in [6, 6.07) is 14.9. The molecule has 140 valence electrons. The van der Waals surface area contributed by atoms with Crippen molar-refractivity contribution in [3.63, 3.8) is 0 Å². The number of ether oxygens (including phenoxy) is 1. The van der Waals surface area contributed by atoms with Crippen molar-refractivity contribution in [1.82, 2.24) is 4.90 Å². The highest BCUT2D eigenvalue weighted by Crippen LogP contribution is 2.24. The second-order valence-electron chi connectivity index (χ2n) is 6.54. The first-order valence-electron chi connectivity index (χ1n) is 9.19. The second kappa shape index (κ2) is 8.45. The highest BCUT2D eigenvalue weighted by atomic mass is 16.5. The summed E-state index contributed by atoms with van der Waals surface area (Å²) in [6.07, 6.45) is 0.927. The number of carbonyl (C=O) groups excluding carboxylic acids is 1. The van der Waals surface area contributed by atoms with Crippen molar-refractivity contribution < 1.29 is 9.53 Å². The van der Waals surface area contributed by atoms with Gasteiger partial charge in [0.1, 0.15) is 11.8 Å². The average Bonchev–Trinajstić information content (AvgIpc) is 2.72. The van der Waals surface area contributed by atoms with Gasteiger partial charge >= 0.3 is 0 Å². The van der Waals surface area contributed by atoms with E-state index in [9.17, 15) is 10.1 Å². The van der Waals surface area contributed by atoms with Crippen molar-refractivity contribution >= 4 is 17.3 Å². The molecule has 2 aromatic rings. The zero-order chi connectivity index (χ0) is 19.2. The Balaban J connectivity index is 1.66. The van der Waals surface area contributed by atoms with E-state index < -0.39 is 0 Å². The van der Waals surface area contributed by atoms with Gasteiger partial charge in [0.05, 0.1) is 17.9 Å². The first-order chi connectivity index (χ1) is 13.1. The van der Waals surface area contributed by atoms with Gasteiger partial charge in [-0.05, 0) is 42.8 Å². The molecule has 27 heavy (non-hydrogen) atoms. The van der Waals surface area contributed by atoms with Crippen LogP contribution in [0.5, 0.6) is 5.75 Å². The fourth-order valence-corrected chi connectivity index (χ4v) is 3.19. The molecule has 0 spiro atoms. The number of nitrogens with zero attached hydrogens (tertiary/aromatic N) is 3. The van der Waals surface area contributed by atoms with Gasteiger partial charge < -0.3 is 20.3 Å². The molecule has 1 aliphatic heterocycles. The molecule has 6 heteroatoms. The van der Waals surface area contributed by atoms with Crippen LogP contribution in [0.2, 0.25) is 0 Å². The van der Waals surface area contributed by atoms with Crippen molar-refractivity contribution in [3.05, 3.63) is 53.6 Å². The molecule has 1 saturated heterocycles. The lowest BCUT2D eigenvalue weighted by Gasteiger charge is -2.36. The number of nitrogen functional groups attached to an aromatic ring is 1. The molecule has 0 radical (unpaired) electrons. The average molecular weight is 364 g/mol. The van der Waals surface area contributed by atoms with Gasteiger partial charge in [-0.25, -0.2) is 0 Å². The summed E-state index contributed by atoms with van der Waals surface area (Å²) in [5, 5.41) is 9.34. The summed E-state index contributed by atoms with van der Waals surface area (Å²) < 4.78 is 5.62. The van der Waals surface area contributed by atoms with Gasteiger partial charge in [-0.2, -0.15) is 5.26 Å². The molecule has 0 atom stereocenters. The van der Waals surface area contributed by atoms with Crippen LogP contribution >= 0.6 is 0 Å². The maximum absolute atomic E-state index is 12.8. The van der Waals surface area contributed by atoms with Crippen LogP contribution in [-0.4, -0.2) is 43.6 Å². The predicted molar refractivity (Wildman–Crippen MR) is 106 cm³/mol. The Morgan fingerprint density at radius 1 is 1.19 bits per heavy atom. The van der Waals surface area contributed by atoms with Gasteiger partial charge in [-0.3, -0.25) is 4.79 Å². The quantitative estimate of drug-likeness (QED) is 0.825. The number of benzene rings is 2. The van der Waals surface area contributed by atoms with Crippen molar-refractivity contribution in [2.24, 2.45) is 0 Å². The fraction of sp³-hybridized carbons (Fsp3) is 0.333. The highest BCUT2D eigenvalue weighted by Gasteiger charge is 2.23. The third kappa shape index (κ3) is 4.32. The van der Waals surface area contributed by atoms with Gasteiger partial charge in [-0.1, -0.05) is 13.0 Å². The Bertz CT molecular complexity index is 852. The van der Waals surface area contributed by atoms with Crippen molar-refractivity contribution in [1.29, 1.82) is 5.26 Å². The third-order valence-electron chi connectivity index (χ3n) is 4.60. The number of nitrogens with two attached hydrogens (primary N) is 1. The smallest absolute Gasteiger partial charge is 0.254 e. The van der Waals surface area contributed by atoms with E-state index in [1.165, 1.54) is 0 Å². The Hall–Kier alpha value is -3.20. The van der Waals surface area contributed by atoms with Crippen molar-refractivity contribution in [3.8, 4) is 11.8 Å². The molecule has 6 nitrogen and oxygen atoms in total. The van der Waals surface area contributed by atoms with Crippen LogP contribution in [0.1, 0.15) is 29.3 Å². The molecule has 0 saturated carbocycles. The predicted octanol–water partition coefficient (Wildman–Crippen LogP) is 2.89. The van der Waals surface area contributed by atoms with Gasteiger partial charge in [0.25, 0.3) is 5.91 Å². The molecular weight excluding hydrogens is 340 g/mol. The van der Waals surface area contributed by atoms with E-state index >= 15 is 0 Å². The first-order valence-corrected chi connectivity index (χ1v) is 9.19. The minimum absolute atomic E-state index is 0.00871. The van der Waals surface area contributed by atoms with Crippen LogP contribution in [0.4, 0.5) is 11.4 Å². The van der Waals surface area contributed by atoms with Gasteiger partial charge in [0.2, 0.25) is 0 Å². The summed E-state index contributed by atoms with van der Waals surface area (Å²) in [4.78, 5) is 16.8. The van der Waals surface area contributed by atoms with Gasteiger partial charge in [0, 0.05) is 37.4 Å². The fourth-order valence-electron chi connectivity index (χ4n) is 3.19. The Morgan fingerprint density at radius 2 is 1.96 bits per heavy atom. The number of hydrogen-bond donors (Lipinski definition) is 1. The van der Waals surface area contributed by atoms with Crippen LogP contribution in [0, 0.1) is 11.3 Å². The number of carbonyl (C=O) groups is 1. The Labute approximate surface area is 159 Å². The standard InChI is InChI=1S/C21H24N4O2/c1-2-12-27-19-5-3-4-16(14-19)21(26)25-10-8-24(9-11-25)20-7-6-18(23)13-17(20)15-22/h3-7,13-14H,2,8-12,23H2,1H3. The number of amides is 1. The van der Waals surface area contributed by atoms with Crippen molar-refractivity contribution in [2.45, 2.75) is 13.3 Å². The van der Waals surface area contributed by atoms with Gasteiger partial charge in [0.15, 0.2) is 0 Å². The molecule has 3 rings (SSSR count). The van der Waals surface area contributed by atoms with E-state index in [0.29, 0.717) is 49.6 Å². The molecule has 1 aliphatic rings. The summed E-state index contributed by atoms with van der Waals surface area (Å²) in [5.74, 6) is 0.733. The minimum Gasteiger partial charge on any atom is -0.494 e. The number of rotatable bonds is 5. The van der Waals surface area contributed by atoms with E-state index in [1.54, 1.807) is 18.2 Å². The summed E-state index contributed by atoms with van der Waals surface area (Å²) in [5.41, 5.74) is 8.42. The minimum atomic E-state index is 0.00871. The molecule has 2 N–H and O–H groups in total. The van der Waals surface area contributed by atoms with Crippen LogP contribution in [0.25, 0.3) is 0 Å². The number of anilines is 2. The SMILES string of the molecule is CCCOc1cccc(C(=O)N2CCN(c3ccc(N)cc3C#N)CC2)c1. The van der Waals surface area contributed by atoms with Crippen LogP contribution in [0.15, 0.2) is 42.5 Å². The summed E-state index contributed by atoms with van der Waals surface area (Å²) >= 11 is 0. The first kappa shape index (κ1) is 18.6. The monoisotopic (exact) mass is 364 g/mol. The van der Waals surface area contributed by atoms with E-state index in [-0.39, 0.29) is 5.91 Å². The van der Waals surface area contributed by atoms with Crippen LogP contribution < -0.4 is 15.4 Å². The molecule has 1 heterocycles. The van der Waals surface area contributed by atoms with E-state index in [0.717, 1.165) is 17.9 Å². The maximum Gasteiger partial charge on any atom is 0.254 e. The van der Waals surface area contributed by atoms with E-state index in [4.69, 9.17) is 10.5 Å². The lowest BCUT2D eigenvalue weighted by molar-refractivity contribution is 0.0746.